The summed E-state index contributed by atoms with van der Waals surface area (Å²) in [6.45, 7) is 4.26. The molecule has 1 aromatic rings. The Bertz CT molecular complexity index is 452. The van der Waals surface area contributed by atoms with Crippen LogP contribution in [0.1, 0.15) is 50.2 Å². The molecular formula is C16H19F3. The maximum Gasteiger partial charge on any atom is 0.392 e. The van der Waals surface area contributed by atoms with E-state index in [0.717, 1.165) is 11.1 Å². The molecule has 1 unspecified atom stereocenters. The van der Waals surface area contributed by atoms with E-state index >= 15 is 0 Å². The molecule has 104 valence electrons. The second-order valence-corrected chi connectivity index (χ2v) is 5.52. The van der Waals surface area contributed by atoms with Crippen LogP contribution in [0.5, 0.6) is 0 Å². The van der Waals surface area contributed by atoms with Crippen LogP contribution in [0.25, 0.3) is 5.57 Å². The Hall–Kier alpha value is -1.25. The molecule has 0 N–H and O–H groups in total. The van der Waals surface area contributed by atoms with Crippen LogP contribution in [0.4, 0.5) is 13.2 Å². The third kappa shape index (κ3) is 3.40. The number of hydrogen-bond donors (Lipinski definition) is 0. The van der Waals surface area contributed by atoms with Gasteiger partial charge >= 0.3 is 6.18 Å². The van der Waals surface area contributed by atoms with Crippen molar-refractivity contribution in [2.24, 2.45) is 5.92 Å². The second-order valence-electron chi connectivity index (χ2n) is 5.52. The van der Waals surface area contributed by atoms with Crippen LogP contribution in [0.2, 0.25) is 0 Å². The van der Waals surface area contributed by atoms with E-state index in [1.807, 2.05) is 12.1 Å². The number of rotatable bonds is 2. The Labute approximate surface area is 112 Å². The van der Waals surface area contributed by atoms with E-state index in [2.05, 4.69) is 26.0 Å². The molecule has 1 atom stereocenters. The zero-order valence-corrected chi connectivity index (χ0v) is 11.3. The van der Waals surface area contributed by atoms with Gasteiger partial charge in [0.15, 0.2) is 0 Å². The molecule has 0 saturated carbocycles. The Morgan fingerprint density at radius 1 is 1.11 bits per heavy atom. The van der Waals surface area contributed by atoms with Gasteiger partial charge in [0.25, 0.3) is 0 Å². The lowest BCUT2D eigenvalue weighted by Gasteiger charge is -2.24. The maximum absolute atomic E-state index is 12.6. The predicted molar refractivity (Wildman–Crippen MR) is 71.9 cm³/mol. The van der Waals surface area contributed by atoms with Crippen molar-refractivity contribution in [3.8, 4) is 0 Å². The highest BCUT2D eigenvalue weighted by Gasteiger charge is 2.39. The van der Waals surface area contributed by atoms with Gasteiger partial charge in [-0.3, -0.25) is 0 Å². The van der Waals surface area contributed by atoms with Gasteiger partial charge in [-0.15, -0.1) is 0 Å². The van der Waals surface area contributed by atoms with Crippen LogP contribution in [0.15, 0.2) is 30.3 Å². The minimum Gasteiger partial charge on any atom is -0.171 e. The van der Waals surface area contributed by atoms with E-state index in [-0.39, 0.29) is 12.8 Å². The molecule has 0 fully saturated rings. The summed E-state index contributed by atoms with van der Waals surface area (Å²) < 4.78 is 37.7. The van der Waals surface area contributed by atoms with Crippen LogP contribution in [0, 0.1) is 5.92 Å². The lowest BCUT2D eigenvalue weighted by molar-refractivity contribution is -0.175. The maximum atomic E-state index is 12.6. The van der Waals surface area contributed by atoms with Gasteiger partial charge < -0.3 is 0 Å². The van der Waals surface area contributed by atoms with Crippen LogP contribution in [-0.4, -0.2) is 6.18 Å². The molecule has 1 aromatic carbocycles. The van der Waals surface area contributed by atoms with Gasteiger partial charge in [-0.1, -0.05) is 44.2 Å². The molecule has 0 aromatic heterocycles. The van der Waals surface area contributed by atoms with Gasteiger partial charge in [0.2, 0.25) is 0 Å². The van der Waals surface area contributed by atoms with E-state index < -0.39 is 12.1 Å². The SMILES string of the molecule is CC(C)c1ccc(C2=CCC(C(F)(F)F)CC2)cc1. The first-order chi connectivity index (χ1) is 8.88. The first kappa shape index (κ1) is 14.2. The van der Waals surface area contributed by atoms with E-state index in [4.69, 9.17) is 0 Å². The normalized spacial score (nSPS) is 20.5. The van der Waals surface area contributed by atoms with E-state index in [1.54, 1.807) is 6.08 Å². The van der Waals surface area contributed by atoms with Gasteiger partial charge in [0.1, 0.15) is 0 Å². The molecule has 0 saturated heterocycles. The number of alkyl halides is 3. The van der Waals surface area contributed by atoms with Crippen molar-refractivity contribution in [2.45, 2.75) is 45.2 Å². The number of allylic oxidation sites excluding steroid dienone is 2. The summed E-state index contributed by atoms with van der Waals surface area (Å²) in [5, 5.41) is 0. The summed E-state index contributed by atoms with van der Waals surface area (Å²) in [5.41, 5.74) is 3.37. The number of benzene rings is 1. The molecule has 0 aliphatic heterocycles. The summed E-state index contributed by atoms with van der Waals surface area (Å²) in [6, 6.07) is 8.18. The Kier molecular flexibility index (Phi) is 4.02. The smallest absolute Gasteiger partial charge is 0.171 e. The fourth-order valence-corrected chi connectivity index (χ4v) is 2.48. The summed E-state index contributed by atoms with van der Waals surface area (Å²) in [5.74, 6) is -0.685. The average molecular weight is 268 g/mol. The fourth-order valence-electron chi connectivity index (χ4n) is 2.48. The quantitative estimate of drug-likeness (QED) is 0.659. The van der Waals surface area contributed by atoms with Gasteiger partial charge in [-0.25, -0.2) is 0 Å². The van der Waals surface area contributed by atoms with Crippen molar-refractivity contribution >= 4 is 5.57 Å². The van der Waals surface area contributed by atoms with Gasteiger partial charge in [0.05, 0.1) is 5.92 Å². The predicted octanol–water partition coefficient (Wildman–Crippen LogP) is 5.56. The van der Waals surface area contributed by atoms with Crippen molar-refractivity contribution in [3.63, 3.8) is 0 Å². The standard InChI is InChI=1S/C16H19F3/c1-11(2)12-3-5-13(6-4-12)14-7-9-15(10-8-14)16(17,18)19/h3-7,11,15H,8-10H2,1-2H3. The van der Waals surface area contributed by atoms with Gasteiger partial charge in [0, 0.05) is 0 Å². The first-order valence-electron chi connectivity index (χ1n) is 6.74. The van der Waals surface area contributed by atoms with Gasteiger partial charge in [-0.2, -0.15) is 13.2 Å². The highest BCUT2D eigenvalue weighted by atomic mass is 19.4. The molecule has 1 aliphatic carbocycles. The minimum absolute atomic E-state index is 0.116. The lowest BCUT2D eigenvalue weighted by atomic mass is 9.86. The van der Waals surface area contributed by atoms with Crippen molar-refractivity contribution in [1.29, 1.82) is 0 Å². The van der Waals surface area contributed by atoms with Crippen LogP contribution >= 0.6 is 0 Å². The Balaban J connectivity index is 2.10. The summed E-state index contributed by atoms with van der Waals surface area (Å²) >= 11 is 0. The molecular weight excluding hydrogens is 249 g/mol. The molecule has 0 radical (unpaired) electrons. The summed E-state index contributed by atoms with van der Waals surface area (Å²) in [7, 11) is 0. The zero-order valence-electron chi connectivity index (χ0n) is 11.3. The molecule has 0 bridgehead atoms. The molecule has 0 nitrogen and oxygen atoms in total. The highest BCUT2D eigenvalue weighted by molar-refractivity contribution is 5.66. The Morgan fingerprint density at radius 2 is 1.74 bits per heavy atom. The van der Waals surface area contributed by atoms with Crippen molar-refractivity contribution < 1.29 is 13.2 Å². The summed E-state index contributed by atoms with van der Waals surface area (Å²) in [6.07, 6.45) is -1.45. The average Bonchev–Trinajstić information content (AvgIpc) is 2.38. The largest absolute Gasteiger partial charge is 0.392 e. The van der Waals surface area contributed by atoms with Crippen LogP contribution < -0.4 is 0 Å². The molecule has 0 heterocycles. The van der Waals surface area contributed by atoms with Crippen LogP contribution in [-0.2, 0) is 0 Å². The Morgan fingerprint density at radius 3 is 2.16 bits per heavy atom. The number of halogens is 3. The number of hydrogen-bond acceptors (Lipinski definition) is 0. The molecule has 0 spiro atoms. The lowest BCUT2D eigenvalue weighted by Crippen LogP contribution is -2.24. The van der Waals surface area contributed by atoms with E-state index in [0.29, 0.717) is 12.3 Å². The minimum atomic E-state index is -4.05. The van der Waals surface area contributed by atoms with Gasteiger partial charge in [-0.05, 0) is 41.9 Å². The van der Waals surface area contributed by atoms with Crippen molar-refractivity contribution in [2.75, 3.05) is 0 Å². The topological polar surface area (TPSA) is 0 Å². The molecule has 1 aliphatic rings. The second kappa shape index (κ2) is 5.40. The molecule has 19 heavy (non-hydrogen) atoms. The third-order valence-electron chi connectivity index (χ3n) is 3.82. The monoisotopic (exact) mass is 268 g/mol. The van der Waals surface area contributed by atoms with Crippen molar-refractivity contribution in [3.05, 3.63) is 41.5 Å². The first-order valence-corrected chi connectivity index (χ1v) is 6.74. The third-order valence-corrected chi connectivity index (χ3v) is 3.82. The molecule has 3 heteroatoms. The zero-order chi connectivity index (χ0) is 14.0. The van der Waals surface area contributed by atoms with E-state index in [9.17, 15) is 13.2 Å². The molecule has 2 rings (SSSR count). The fraction of sp³-hybridized carbons (Fsp3) is 0.500. The van der Waals surface area contributed by atoms with Crippen molar-refractivity contribution in [1.82, 2.24) is 0 Å². The highest BCUT2D eigenvalue weighted by Crippen LogP contribution is 2.39. The molecule has 0 amide bonds. The van der Waals surface area contributed by atoms with E-state index in [1.165, 1.54) is 5.56 Å². The summed E-state index contributed by atoms with van der Waals surface area (Å²) in [4.78, 5) is 0. The van der Waals surface area contributed by atoms with Crippen LogP contribution in [0.3, 0.4) is 0 Å².